The minimum atomic E-state index is -1.16. The van der Waals surface area contributed by atoms with Crippen LogP contribution in [0.5, 0.6) is 0 Å². The van der Waals surface area contributed by atoms with Crippen LogP contribution in [-0.4, -0.2) is 0 Å². The summed E-state index contributed by atoms with van der Waals surface area (Å²) in [6.45, 7) is 0. The van der Waals surface area contributed by atoms with E-state index in [2.05, 4.69) is 0 Å². The van der Waals surface area contributed by atoms with Crippen LogP contribution >= 0.6 is 46.4 Å². The largest absolute Gasteiger partial charge is 0.168 e. The summed E-state index contributed by atoms with van der Waals surface area (Å²) in [5, 5.41) is 1.19. The molecule has 4 heteroatoms. The van der Waals surface area contributed by atoms with E-state index < -0.39 is 4.33 Å². The van der Waals surface area contributed by atoms with Gasteiger partial charge in [0.15, 0.2) is 4.33 Å². The van der Waals surface area contributed by atoms with Crippen molar-refractivity contribution in [2.24, 2.45) is 0 Å². The maximum absolute atomic E-state index is 6.38. The van der Waals surface area contributed by atoms with Crippen molar-refractivity contribution in [3.05, 3.63) is 69.7 Å². The van der Waals surface area contributed by atoms with E-state index in [1.54, 1.807) is 24.3 Å². The average Bonchev–Trinajstić information content (AvgIpc) is 2.29. The third-order valence-corrected chi connectivity index (χ3v) is 3.72. The maximum Gasteiger partial charge on any atom is 0.168 e. The van der Waals surface area contributed by atoms with Gasteiger partial charge in [0.05, 0.1) is 0 Å². The molecule has 0 unspecified atom stereocenters. The SMILES string of the molecule is Clc1cccc(C(Cl)(Cl)c2cccc(Cl)c2)c1. The van der Waals surface area contributed by atoms with Gasteiger partial charge in [-0.1, -0.05) is 70.7 Å². The Morgan fingerprint density at radius 1 is 0.706 bits per heavy atom. The zero-order valence-electron chi connectivity index (χ0n) is 8.63. The van der Waals surface area contributed by atoms with Crippen LogP contribution < -0.4 is 0 Å². The molecule has 0 aliphatic heterocycles. The molecule has 0 N–H and O–H groups in total. The molecule has 17 heavy (non-hydrogen) atoms. The zero-order chi connectivity index (χ0) is 12.5. The highest BCUT2D eigenvalue weighted by Crippen LogP contribution is 2.42. The molecule has 0 heterocycles. The van der Waals surface area contributed by atoms with Gasteiger partial charge in [-0.2, -0.15) is 0 Å². The Morgan fingerprint density at radius 2 is 1.12 bits per heavy atom. The van der Waals surface area contributed by atoms with Crippen molar-refractivity contribution >= 4 is 46.4 Å². The van der Waals surface area contributed by atoms with E-state index in [9.17, 15) is 0 Å². The summed E-state index contributed by atoms with van der Waals surface area (Å²) in [5.74, 6) is 0. The fourth-order valence-electron chi connectivity index (χ4n) is 1.53. The summed E-state index contributed by atoms with van der Waals surface area (Å²) in [5.41, 5.74) is 1.44. The van der Waals surface area contributed by atoms with Crippen LogP contribution in [0, 0.1) is 0 Å². The molecule has 0 nitrogen and oxygen atoms in total. The molecule has 0 amide bonds. The Balaban J connectivity index is 2.49. The molecule has 0 radical (unpaired) electrons. The van der Waals surface area contributed by atoms with Crippen LogP contribution in [-0.2, 0) is 4.33 Å². The van der Waals surface area contributed by atoms with Gasteiger partial charge >= 0.3 is 0 Å². The van der Waals surface area contributed by atoms with Crippen LogP contribution in [0.3, 0.4) is 0 Å². The monoisotopic (exact) mass is 304 g/mol. The average molecular weight is 306 g/mol. The van der Waals surface area contributed by atoms with E-state index in [0.717, 1.165) is 11.1 Å². The van der Waals surface area contributed by atoms with Gasteiger partial charge in [0.2, 0.25) is 0 Å². The summed E-state index contributed by atoms with van der Waals surface area (Å²) in [6.07, 6.45) is 0. The molecule has 2 aromatic carbocycles. The molecule has 0 bridgehead atoms. The standard InChI is InChI=1S/C13H8Cl4/c14-11-5-1-3-9(7-11)13(16,17)10-4-2-6-12(15)8-10/h1-8H. The molecule has 0 saturated heterocycles. The number of rotatable bonds is 2. The smallest absolute Gasteiger partial charge is 0.0909 e. The summed E-state index contributed by atoms with van der Waals surface area (Å²) in [4.78, 5) is 0. The van der Waals surface area contributed by atoms with Gasteiger partial charge in [0.1, 0.15) is 0 Å². The quantitative estimate of drug-likeness (QED) is 0.627. The van der Waals surface area contributed by atoms with Crippen LogP contribution in [0.1, 0.15) is 11.1 Å². The maximum atomic E-state index is 6.38. The van der Waals surface area contributed by atoms with Gasteiger partial charge in [0.25, 0.3) is 0 Å². The lowest BCUT2D eigenvalue weighted by Crippen LogP contribution is -2.12. The molecule has 88 valence electrons. The second kappa shape index (κ2) is 5.07. The van der Waals surface area contributed by atoms with Crippen molar-refractivity contribution in [3.8, 4) is 0 Å². The minimum Gasteiger partial charge on any atom is -0.0909 e. The van der Waals surface area contributed by atoms with Crippen molar-refractivity contribution in [1.82, 2.24) is 0 Å². The van der Waals surface area contributed by atoms with E-state index in [0.29, 0.717) is 10.0 Å². The Kier molecular flexibility index (Phi) is 3.89. The lowest BCUT2D eigenvalue weighted by Gasteiger charge is -2.21. The normalized spacial score (nSPS) is 11.5. The van der Waals surface area contributed by atoms with Crippen LogP contribution in [0.15, 0.2) is 48.5 Å². The molecular formula is C13H8Cl4. The van der Waals surface area contributed by atoms with Gasteiger partial charge in [-0.3, -0.25) is 0 Å². The van der Waals surface area contributed by atoms with Crippen molar-refractivity contribution in [2.45, 2.75) is 4.33 Å². The number of halogens is 4. The van der Waals surface area contributed by atoms with Crippen molar-refractivity contribution < 1.29 is 0 Å². The Labute approximate surface area is 120 Å². The fraction of sp³-hybridized carbons (Fsp3) is 0.0769. The van der Waals surface area contributed by atoms with E-state index >= 15 is 0 Å². The first-order valence-electron chi connectivity index (χ1n) is 4.90. The van der Waals surface area contributed by atoms with Crippen LogP contribution in [0.25, 0.3) is 0 Å². The molecule has 2 rings (SSSR count). The summed E-state index contributed by atoms with van der Waals surface area (Å²) in [6, 6.07) is 14.3. The molecule has 0 atom stereocenters. The Bertz CT molecular complexity index is 487. The first kappa shape index (κ1) is 13.0. The predicted molar refractivity (Wildman–Crippen MR) is 75.4 cm³/mol. The van der Waals surface area contributed by atoms with Crippen molar-refractivity contribution in [2.75, 3.05) is 0 Å². The van der Waals surface area contributed by atoms with Gasteiger partial charge in [-0.25, -0.2) is 0 Å². The molecule has 0 spiro atoms. The summed E-state index contributed by atoms with van der Waals surface area (Å²) >= 11 is 24.6. The van der Waals surface area contributed by atoms with Gasteiger partial charge in [-0.05, 0) is 35.4 Å². The molecule has 2 aromatic rings. The third-order valence-electron chi connectivity index (χ3n) is 2.37. The van der Waals surface area contributed by atoms with E-state index in [1.807, 2.05) is 24.3 Å². The second-order valence-electron chi connectivity index (χ2n) is 3.60. The molecular weight excluding hydrogens is 298 g/mol. The Hall–Kier alpha value is -0.400. The van der Waals surface area contributed by atoms with Gasteiger partial charge in [0, 0.05) is 10.0 Å². The predicted octanol–water partition coefficient (Wildman–Crippen LogP) is 5.67. The molecule has 0 saturated carbocycles. The summed E-state index contributed by atoms with van der Waals surface area (Å²) in [7, 11) is 0. The highest BCUT2D eigenvalue weighted by molar-refractivity contribution is 6.50. The first-order valence-corrected chi connectivity index (χ1v) is 6.41. The van der Waals surface area contributed by atoms with Gasteiger partial charge in [-0.15, -0.1) is 0 Å². The number of benzene rings is 2. The molecule has 0 aliphatic rings. The minimum absolute atomic E-state index is 0.593. The van der Waals surface area contributed by atoms with Crippen molar-refractivity contribution in [1.29, 1.82) is 0 Å². The van der Waals surface area contributed by atoms with Crippen molar-refractivity contribution in [3.63, 3.8) is 0 Å². The molecule has 0 aliphatic carbocycles. The second-order valence-corrected chi connectivity index (χ2v) is 5.80. The van der Waals surface area contributed by atoms with Gasteiger partial charge < -0.3 is 0 Å². The lowest BCUT2D eigenvalue weighted by atomic mass is 10.0. The summed E-state index contributed by atoms with van der Waals surface area (Å²) < 4.78 is -1.16. The highest BCUT2D eigenvalue weighted by Gasteiger charge is 2.29. The number of alkyl halides is 2. The van der Waals surface area contributed by atoms with E-state index in [-0.39, 0.29) is 0 Å². The lowest BCUT2D eigenvalue weighted by molar-refractivity contribution is 1.04. The van der Waals surface area contributed by atoms with Crippen LogP contribution in [0.4, 0.5) is 0 Å². The topological polar surface area (TPSA) is 0 Å². The number of hydrogen-bond donors (Lipinski definition) is 0. The van der Waals surface area contributed by atoms with E-state index in [4.69, 9.17) is 46.4 Å². The number of hydrogen-bond acceptors (Lipinski definition) is 0. The molecule has 0 fully saturated rings. The molecule has 0 aromatic heterocycles. The highest BCUT2D eigenvalue weighted by atomic mass is 35.5. The Morgan fingerprint density at radius 3 is 1.47 bits per heavy atom. The zero-order valence-corrected chi connectivity index (χ0v) is 11.7. The first-order chi connectivity index (χ1) is 8.00. The third kappa shape index (κ3) is 2.89. The fourth-order valence-corrected chi connectivity index (χ4v) is 2.39. The van der Waals surface area contributed by atoms with E-state index in [1.165, 1.54) is 0 Å². The van der Waals surface area contributed by atoms with Crippen LogP contribution in [0.2, 0.25) is 10.0 Å².